The minimum Gasteiger partial charge on any atom is -0.355 e. The van der Waals surface area contributed by atoms with Gasteiger partial charge in [-0.2, -0.15) is 5.10 Å². The van der Waals surface area contributed by atoms with Gasteiger partial charge in [-0.1, -0.05) is 0 Å². The highest BCUT2D eigenvalue weighted by Gasteiger charge is 2.33. The first-order chi connectivity index (χ1) is 12.8. The van der Waals surface area contributed by atoms with Crippen molar-refractivity contribution in [3.05, 3.63) is 17.5 Å². The number of piperazine rings is 1. The Balaban J connectivity index is 1.31. The van der Waals surface area contributed by atoms with Crippen LogP contribution < -0.4 is 5.32 Å². The fourth-order valence-corrected chi connectivity index (χ4v) is 5.73. The van der Waals surface area contributed by atoms with E-state index in [1.54, 1.807) is 0 Å². The van der Waals surface area contributed by atoms with Crippen LogP contribution in [0.4, 0.5) is 0 Å². The van der Waals surface area contributed by atoms with Crippen LogP contribution in [0.2, 0.25) is 0 Å². The molecule has 9 heteroatoms. The summed E-state index contributed by atoms with van der Waals surface area (Å²) in [5.41, 5.74) is 2.16. The second kappa shape index (κ2) is 8.70. The van der Waals surface area contributed by atoms with Crippen LogP contribution in [0.25, 0.3) is 0 Å². The Kier molecular flexibility index (Phi) is 6.54. The molecule has 1 aromatic heterocycles. The molecular formula is C18H31N5O3S. The lowest BCUT2D eigenvalue weighted by atomic mass is 10.2. The van der Waals surface area contributed by atoms with E-state index in [-0.39, 0.29) is 11.9 Å². The molecule has 2 fully saturated rings. The number of aryl methyl sites for hydroxylation is 3. The van der Waals surface area contributed by atoms with Gasteiger partial charge in [0.2, 0.25) is 5.91 Å². The molecule has 8 nitrogen and oxygen atoms in total. The molecule has 0 bridgehead atoms. The number of carbonyl (C=O) groups excluding carboxylic acids is 1. The monoisotopic (exact) mass is 397 g/mol. The number of rotatable bonds is 7. The lowest BCUT2D eigenvalue weighted by Crippen LogP contribution is -2.52. The van der Waals surface area contributed by atoms with Crippen LogP contribution in [0.5, 0.6) is 0 Å². The second-order valence-electron chi connectivity index (χ2n) is 7.72. The van der Waals surface area contributed by atoms with E-state index in [2.05, 4.69) is 26.3 Å². The number of amides is 1. The van der Waals surface area contributed by atoms with Crippen LogP contribution in [0.15, 0.2) is 6.07 Å². The smallest absolute Gasteiger partial charge is 0.234 e. The molecule has 0 radical (unpaired) electrons. The molecule has 1 unspecified atom stereocenters. The molecule has 1 amide bonds. The maximum absolute atomic E-state index is 12.1. The molecule has 0 aromatic carbocycles. The van der Waals surface area contributed by atoms with E-state index in [0.717, 1.165) is 57.0 Å². The van der Waals surface area contributed by atoms with Crippen LogP contribution in [-0.4, -0.2) is 90.7 Å². The van der Waals surface area contributed by atoms with Crippen LogP contribution in [0.3, 0.4) is 0 Å². The first-order valence-electron chi connectivity index (χ1n) is 9.77. The van der Waals surface area contributed by atoms with E-state index in [4.69, 9.17) is 0 Å². The molecule has 1 aromatic rings. The average molecular weight is 398 g/mol. The molecule has 0 aliphatic carbocycles. The van der Waals surface area contributed by atoms with Crippen molar-refractivity contribution in [3.63, 3.8) is 0 Å². The van der Waals surface area contributed by atoms with Crippen molar-refractivity contribution in [2.45, 2.75) is 39.3 Å². The maximum atomic E-state index is 12.1. The Hall–Kier alpha value is -1.45. The van der Waals surface area contributed by atoms with Crippen LogP contribution in [0, 0.1) is 13.8 Å². The van der Waals surface area contributed by atoms with E-state index in [0.29, 0.717) is 24.6 Å². The number of sulfone groups is 1. The van der Waals surface area contributed by atoms with Gasteiger partial charge in [-0.25, -0.2) is 8.42 Å². The third kappa shape index (κ3) is 5.76. The Labute approximate surface area is 161 Å². The van der Waals surface area contributed by atoms with E-state index < -0.39 is 9.84 Å². The van der Waals surface area contributed by atoms with Crippen LogP contribution >= 0.6 is 0 Å². The summed E-state index contributed by atoms with van der Waals surface area (Å²) in [5.74, 6) is 0.668. The molecule has 2 aliphatic rings. The summed E-state index contributed by atoms with van der Waals surface area (Å²) in [6.07, 6.45) is 1.61. The van der Waals surface area contributed by atoms with Gasteiger partial charge in [0.1, 0.15) is 0 Å². The molecule has 0 saturated carbocycles. The van der Waals surface area contributed by atoms with Gasteiger partial charge in [-0.15, -0.1) is 0 Å². The summed E-state index contributed by atoms with van der Waals surface area (Å²) in [4.78, 5) is 16.6. The Morgan fingerprint density at radius 1 is 1.26 bits per heavy atom. The summed E-state index contributed by atoms with van der Waals surface area (Å²) in [6, 6.07) is 2.22. The molecule has 0 spiro atoms. The highest BCUT2D eigenvalue weighted by atomic mass is 32.2. The van der Waals surface area contributed by atoms with E-state index in [1.807, 2.05) is 18.5 Å². The lowest BCUT2D eigenvalue weighted by Gasteiger charge is -2.37. The van der Waals surface area contributed by atoms with Crippen molar-refractivity contribution in [2.75, 3.05) is 50.8 Å². The number of hydrogen-bond acceptors (Lipinski definition) is 6. The first kappa shape index (κ1) is 20.3. The topological polar surface area (TPSA) is 87.5 Å². The normalized spacial score (nSPS) is 23.6. The third-order valence-electron chi connectivity index (χ3n) is 5.47. The number of aromatic nitrogens is 2. The first-order valence-corrected chi connectivity index (χ1v) is 11.6. The van der Waals surface area contributed by atoms with E-state index in [1.165, 1.54) is 0 Å². The molecule has 152 valence electrons. The second-order valence-corrected chi connectivity index (χ2v) is 9.95. The van der Waals surface area contributed by atoms with Crippen molar-refractivity contribution in [2.24, 2.45) is 0 Å². The van der Waals surface area contributed by atoms with Crippen LogP contribution in [-0.2, 0) is 21.2 Å². The zero-order valence-electron chi connectivity index (χ0n) is 16.4. The molecule has 3 heterocycles. The number of carbonyl (C=O) groups is 1. The number of nitrogens with one attached hydrogen (secondary N) is 1. The summed E-state index contributed by atoms with van der Waals surface area (Å²) in [6.45, 7) is 9.20. The van der Waals surface area contributed by atoms with Crippen molar-refractivity contribution >= 4 is 15.7 Å². The van der Waals surface area contributed by atoms with Gasteiger partial charge in [0, 0.05) is 51.0 Å². The van der Waals surface area contributed by atoms with Crippen molar-refractivity contribution in [1.82, 2.24) is 24.9 Å². The molecule has 1 atom stereocenters. The molecule has 27 heavy (non-hydrogen) atoms. The van der Waals surface area contributed by atoms with Gasteiger partial charge in [0.05, 0.1) is 23.7 Å². The van der Waals surface area contributed by atoms with E-state index in [9.17, 15) is 13.2 Å². The summed E-state index contributed by atoms with van der Waals surface area (Å²) in [5, 5.41) is 7.41. The number of hydrogen-bond donors (Lipinski definition) is 1. The molecule has 2 saturated heterocycles. The summed E-state index contributed by atoms with van der Waals surface area (Å²) < 4.78 is 25.2. The third-order valence-corrected chi connectivity index (χ3v) is 7.22. The predicted molar refractivity (Wildman–Crippen MR) is 104 cm³/mol. The minimum atomic E-state index is -2.84. The highest BCUT2D eigenvalue weighted by molar-refractivity contribution is 7.91. The summed E-state index contributed by atoms with van der Waals surface area (Å²) >= 11 is 0. The average Bonchev–Trinajstić information content (AvgIpc) is 3.13. The van der Waals surface area contributed by atoms with Gasteiger partial charge >= 0.3 is 0 Å². The fourth-order valence-electron chi connectivity index (χ4n) is 3.97. The lowest BCUT2D eigenvalue weighted by molar-refractivity contribution is -0.122. The molecule has 1 N–H and O–H groups in total. The Bertz CT molecular complexity index is 753. The largest absolute Gasteiger partial charge is 0.355 e. The molecule has 3 rings (SSSR count). The predicted octanol–water partition coefficient (Wildman–Crippen LogP) is -0.189. The maximum Gasteiger partial charge on any atom is 0.234 e. The highest BCUT2D eigenvalue weighted by Crippen LogP contribution is 2.19. The van der Waals surface area contributed by atoms with Gasteiger partial charge < -0.3 is 5.32 Å². The van der Waals surface area contributed by atoms with Crippen molar-refractivity contribution < 1.29 is 13.2 Å². The molecular weight excluding hydrogens is 366 g/mol. The molecule has 2 aliphatic heterocycles. The summed E-state index contributed by atoms with van der Waals surface area (Å²) in [7, 11) is -2.84. The Morgan fingerprint density at radius 2 is 2.00 bits per heavy atom. The quantitative estimate of drug-likeness (QED) is 0.642. The van der Waals surface area contributed by atoms with E-state index >= 15 is 0 Å². The minimum absolute atomic E-state index is 0.0558. The van der Waals surface area contributed by atoms with Gasteiger partial charge in [0.15, 0.2) is 9.84 Å². The van der Waals surface area contributed by atoms with Crippen LogP contribution in [0.1, 0.15) is 24.2 Å². The standard InChI is InChI=1S/C18H31N5O3S/c1-15-12-16(2)23(20-15)6-3-5-19-18(24)13-21-7-9-22(10-8-21)17-4-11-27(25,26)14-17/h12,17H,3-11,13-14H2,1-2H3,(H,19,24). The Morgan fingerprint density at radius 3 is 2.59 bits per heavy atom. The SMILES string of the molecule is Cc1cc(C)n(CCCNC(=O)CN2CCN(C3CCS(=O)(=O)C3)CC2)n1. The zero-order chi connectivity index (χ0) is 19.4. The van der Waals surface area contributed by atoms with Gasteiger partial charge in [-0.05, 0) is 32.8 Å². The number of nitrogens with zero attached hydrogens (tertiary/aromatic N) is 4. The zero-order valence-corrected chi connectivity index (χ0v) is 17.2. The van der Waals surface area contributed by atoms with Crippen molar-refractivity contribution in [1.29, 1.82) is 0 Å². The van der Waals surface area contributed by atoms with Gasteiger partial charge in [0.25, 0.3) is 0 Å². The fraction of sp³-hybridized carbons (Fsp3) is 0.778. The van der Waals surface area contributed by atoms with Crippen molar-refractivity contribution in [3.8, 4) is 0 Å². The van der Waals surface area contributed by atoms with Gasteiger partial charge in [-0.3, -0.25) is 19.3 Å².